The van der Waals surface area contributed by atoms with Crippen molar-refractivity contribution in [3.8, 4) is 0 Å². The van der Waals surface area contributed by atoms with Crippen molar-refractivity contribution in [2.45, 2.75) is 90.5 Å². The second-order valence-corrected chi connectivity index (χ2v) is 13.5. The van der Waals surface area contributed by atoms with Crippen LogP contribution in [0.2, 0.25) is 5.02 Å². The summed E-state index contributed by atoms with van der Waals surface area (Å²) < 4.78 is 45.9. The van der Waals surface area contributed by atoms with E-state index in [0.29, 0.717) is 23.6 Å². The van der Waals surface area contributed by atoms with Crippen molar-refractivity contribution in [3.05, 3.63) is 34.9 Å². The number of ether oxygens (including phenoxy) is 2. The highest BCUT2D eigenvalue weighted by molar-refractivity contribution is 7.80. The van der Waals surface area contributed by atoms with Gasteiger partial charge in [0, 0.05) is 17.0 Å². The van der Waals surface area contributed by atoms with Crippen molar-refractivity contribution in [2.24, 2.45) is 0 Å². The molecule has 9 nitrogen and oxygen atoms in total. The molecule has 1 fully saturated rings. The van der Waals surface area contributed by atoms with E-state index in [9.17, 15) is 22.6 Å². The van der Waals surface area contributed by atoms with Crippen molar-refractivity contribution in [1.82, 2.24) is 4.90 Å². The van der Waals surface area contributed by atoms with Crippen LogP contribution in [-0.4, -0.2) is 70.7 Å². The number of amides is 1. The Morgan fingerprint density at radius 2 is 1.64 bits per heavy atom. The SMILES string of the molecule is CN1CCC[C@]1(CCC[N+](Cc1ccc(Cl)cc1)(C(=O)OC(C)(C)C)S(=O)(=O)O)C(=O)OC(C)(C)C. The first kappa shape index (κ1) is 30.5. The van der Waals surface area contributed by atoms with E-state index in [4.69, 9.17) is 21.1 Å². The molecular weight excluding hydrogens is 508 g/mol. The van der Waals surface area contributed by atoms with E-state index in [-0.39, 0.29) is 31.9 Å². The molecule has 0 aliphatic carbocycles. The molecule has 0 aromatic heterocycles. The third-order valence-corrected chi connectivity index (χ3v) is 7.82. The van der Waals surface area contributed by atoms with Gasteiger partial charge in [0.2, 0.25) is 0 Å². The summed E-state index contributed by atoms with van der Waals surface area (Å²) in [5, 5.41) is 0.449. The molecular formula is C25H40ClN2O7S+. The number of likely N-dealkylation sites (tertiary alicyclic amines) is 1. The maximum atomic E-state index is 13.4. The molecule has 0 bridgehead atoms. The molecule has 204 valence electrons. The zero-order valence-electron chi connectivity index (χ0n) is 22.3. The molecule has 2 atom stereocenters. The number of quaternary nitrogens is 1. The van der Waals surface area contributed by atoms with Gasteiger partial charge in [0.25, 0.3) is 0 Å². The van der Waals surface area contributed by atoms with E-state index in [0.717, 1.165) is 6.42 Å². The van der Waals surface area contributed by atoms with E-state index in [2.05, 4.69) is 0 Å². The number of benzene rings is 1. The van der Waals surface area contributed by atoms with Gasteiger partial charge in [-0.1, -0.05) is 27.6 Å². The van der Waals surface area contributed by atoms with Crippen LogP contribution in [0.15, 0.2) is 24.3 Å². The number of halogens is 1. The Labute approximate surface area is 220 Å². The summed E-state index contributed by atoms with van der Waals surface area (Å²) in [7, 11) is -3.15. The number of rotatable bonds is 8. The number of nitrogens with zero attached hydrogens (tertiary/aromatic N) is 2. The van der Waals surface area contributed by atoms with Crippen LogP contribution in [0.3, 0.4) is 0 Å². The van der Waals surface area contributed by atoms with Crippen LogP contribution >= 0.6 is 11.6 Å². The number of carbonyl (C=O) groups excluding carboxylic acids is 2. The number of carbonyl (C=O) groups is 2. The highest BCUT2D eigenvalue weighted by Gasteiger charge is 2.54. The lowest BCUT2D eigenvalue weighted by Crippen LogP contribution is -2.58. The van der Waals surface area contributed by atoms with Gasteiger partial charge in [-0.25, -0.2) is 4.55 Å². The molecule has 0 radical (unpaired) electrons. The first-order chi connectivity index (χ1) is 16.3. The van der Waals surface area contributed by atoms with Crippen LogP contribution in [0.1, 0.15) is 72.8 Å². The fourth-order valence-electron chi connectivity index (χ4n) is 4.45. The van der Waals surface area contributed by atoms with E-state index < -0.39 is 37.0 Å². The quantitative estimate of drug-likeness (QED) is 0.275. The molecule has 11 heteroatoms. The average Bonchev–Trinajstić information content (AvgIpc) is 3.06. The minimum atomic E-state index is -4.98. The predicted molar refractivity (Wildman–Crippen MR) is 138 cm³/mol. The number of likely N-dealkylation sites (N-methyl/N-ethyl adjacent to an activating group) is 1. The van der Waals surface area contributed by atoms with Gasteiger partial charge in [0.1, 0.15) is 29.8 Å². The first-order valence-electron chi connectivity index (χ1n) is 12.1. The van der Waals surface area contributed by atoms with E-state index >= 15 is 0 Å². The Balaban J connectivity index is 2.43. The topological polar surface area (TPSA) is 110 Å². The third-order valence-electron chi connectivity index (χ3n) is 6.22. The highest BCUT2D eigenvalue weighted by Crippen LogP contribution is 2.36. The normalized spacial score (nSPS) is 21.1. The van der Waals surface area contributed by atoms with Crippen molar-refractivity contribution in [2.75, 3.05) is 20.1 Å². The molecule has 1 N–H and O–H groups in total. The van der Waals surface area contributed by atoms with Crippen LogP contribution in [0, 0.1) is 0 Å². The summed E-state index contributed by atoms with van der Waals surface area (Å²) in [6.07, 6.45) is 0.623. The minimum Gasteiger partial charge on any atom is -0.459 e. The number of hydrogen-bond acceptors (Lipinski definition) is 7. The summed E-state index contributed by atoms with van der Waals surface area (Å²) in [5.41, 5.74) is -2.15. The minimum absolute atomic E-state index is 0.135. The molecule has 1 aliphatic heterocycles. The van der Waals surface area contributed by atoms with E-state index in [1.165, 1.54) is 0 Å². The van der Waals surface area contributed by atoms with Crippen molar-refractivity contribution < 1.29 is 35.9 Å². The first-order valence-corrected chi connectivity index (χ1v) is 13.9. The summed E-state index contributed by atoms with van der Waals surface area (Å²) in [5.74, 6) is -0.380. The van der Waals surface area contributed by atoms with E-state index in [1.54, 1.807) is 65.8 Å². The molecule has 1 amide bonds. The van der Waals surface area contributed by atoms with Gasteiger partial charge in [0.05, 0.1) is 0 Å². The van der Waals surface area contributed by atoms with Crippen LogP contribution in [0.5, 0.6) is 0 Å². The molecule has 1 aromatic rings. The molecule has 1 unspecified atom stereocenters. The fourth-order valence-corrected chi connectivity index (χ4v) is 5.47. The third kappa shape index (κ3) is 7.41. The lowest BCUT2D eigenvalue weighted by Gasteiger charge is -2.37. The van der Waals surface area contributed by atoms with Gasteiger partial charge in [-0.3, -0.25) is 9.69 Å². The fraction of sp³-hybridized carbons (Fsp3) is 0.680. The van der Waals surface area contributed by atoms with Crippen LogP contribution < -0.4 is 0 Å². The maximum Gasteiger partial charge on any atom is 0.534 e. The van der Waals surface area contributed by atoms with Gasteiger partial charge >= 0.3 is 22.4 Å². The second-order valence-electron chi connectivity index (χ2n) is 11.5. The lowest BCUT2D eigenvalue weighted by molar-refractivity contribution is -0.752. The van der Waals surface area contributed by atoms with Gasteiger partial charge in [-0.2, -0.15) is 4.79 Å². The monoisotopic (exact) mass is 547 g/mol. The highest BCUT2D eigenvalue weighted by atomic mass is 35.5. The molecule has 2 rings (SSSR count). The molecule has 0 saturated carbocycles. The predicted octanol–water partition coefficient (Wildman–Crippen LogP) is 4.98. The lowest BCUT2D eigenvalue weighted by atomic mass is 9.90. The van der Waals surface area contributed by atoms with Gasteiger partial charge in [-0.15, -0.1) is 8.42 Å². The molecule has 1 saturated heterocycles. The van der Waals surface area contributed by atoms with Gasteiger partial charge < -0.3 is 9.47 Å². The average molecular weight is 548 g/mol. The Hall–Kier alpha value is -1.72. The Kier molecular flexibility index (Phi) is 9.28. The molecule has 1 heterocycles. The van der Waals surface area contributed by atoms with Crippen molar-refractivity contribution in [1.29, 1.82) is 0 Å². The molecule has 36 heavy (non-hydrogen) atoms. The standard InChI is InChI=1S/C25H39ClN2O7S/c1-23(2,3)34-21(29)25(14-8-16-27(25)7)15-9-17-28(36(31,32)33,22(30)35-24(4,5)6)18-19-10-12-20(26)13-11-19/h10-13H,8-9,14-18H2,1-7H3/p+1/t25-,28?/m0/s1. The van der Waals surface area contributed by atoms with Crippen molar-refractivity contribution in [3.63, 3.8) is 0 Å². The van der Waals surface area contributed by atoms with Crippen molar-refractivity contribution >= 4 is 34.0 Å². The summed E-state index contributed by atoms with van der Waals surface area (Å²) in [6.45, 7) is 10.3. The Bertz CT molecular complexity index is 1050. The number of esters is 1. The maximum absolute atomic E-state index is 13.4. The summed E-state index contributed by atoms with van der Waals surface area (Å²) in [4.78, 5) is 28.6. The largest absolute Gasteiger partial charge is 0.534 e. The number of hydrogen-bond donors (Lipinski definition) is 1. The Morgan fingerprint density at radius 3 is 2.08 bits per heavy atom. The zero-order chi connectivity index (χ0) is 27.6. The van der Waals surface area contributed by atoms with Crippen LogP contribution in [-0.2, 0) is 31.1 Å². The second kappa shape index (κ2) is 10.9. The van der Waals surface area contributed by atoms with E-state index in [1.807, 2.05) is 11.9 Å². The molecule has 0 spiro atoms. The van der Waals surface area contributed by atoms with Gasteiger partial charge in [-0.05, 0) is 86.5 Å². The summed E-state index contributed by atoms with van der Waals surface area (Å²) in [6, 6.07) is 6.35. The zero-order valence-corrected chi connectivity index (χ0v) is 23.9. The molecule has 1 aliphatic rings. The Morgan fingerprint density at radius 1 is 1.08 bits per heavy atom. The smallest absolute Gasteiger partial charge is 0.459 e. The van der Waals surface area contributed by atoms with Crippen LogP contribution in [0.4, 0.5) is 4.79 Å². The summed E-state index contributed by atoms with van der Waals surface area (Å²) >= 11 is 5.97. The van der Waals surface area contributed by atoms with Gasteiger partial charge in [0.15, 0.2) is 0 Å². The van der Waals surface area contributed by atoms with Crippen LogP contribution in [0.25, 0.3) is 0 Å². The molecule has 1 aromatic carbocycles.